The van der Waals surface area contributed by atoms with E-state index < -0.39 is 0 Å². The largest absolute Gasteiger partial charge is 0.456 e. The fraction of sp³-hybridized carbons (Fsp3) is 0.326. The first kappa shape index (κ1) is 38.8. The molecule has 2 aliphatic rings. The molecule has 2 N–H and O–H groups in total. The van der Waals surface area contributed by atoms with Gasteiger partial charge in [-0.05, 0) is 93.2 Å². The van der Waals surface area contributed by atoms with Gasteiger partial charge < -0.3 is 15.4 Å². The molecule has 2 aliphatic carbocycles. The topological polar surface area (TPSA) is 81.1 Å². The number of nitrogens with one attached hydrogen (secondary N) is 2. The number of anilines is 1. The Morgan fingerprint density at radius 1 is 1.04 bits per heavy atom. The van der Waals surface area contributed by atoms with Crippen molar-refractivity contribution in [3.05, 3.63) is 165 Å². The fourth-order valence-electron chi connectivity index (χ4n) is 6.20. The van der Waals surface area contributed by atoms with Gasteiger partial charge in [0.2, 0.25) is 0 Å². The lowest BCUT2D eigenvalue weighted by molar-refractivity contribution is 0.394. The number of hydrogen-bond donors (Lipinski definition) is 2. The van der Waals surface area contributed by atoms with Crippen LogP contribution >= 0.6 is 0 Å². The molecule has 0 bridgehead atoms. The van der Waals surface area contributed by atoms with Crippen molar-refractivity contribution in [3.63, 3.8) is 0 Å². The van der Waals surface area contributed by atoms with Crippen LogP contribution < -0.4 is 16.2 Å². The van der Waals surface area contributed by atoms with Crippen molar-refractivity contribution >= 4 is 23.1 Å². The number of ether oxygens (including phenoxy) is 1. The molecule has 0 spiro atoms. The summed E-state index contributed by atoms with van der Waals surface area (Å²) in [5.74, 6) is 1.80. The Morgan fingerprint density at radius 2 is 1.83 bits per heavy atom. The highest BCUT2D eigenvalue weighted by molar-refractivity contribution is 5.71. The molecule has 2 fully saturated rings. The smallest absolute Gasteiger partial charge is 0.277 e. The molecule has 7 nitrogen and oxygen atoms in total. The van der Waals surface area contributed by atoms with Gasteiger partial charge in [0.25, 0.3) is 5.56 Å². The number of aromatic nitrogens is 3. The van der Waals surface area contributed by atoms with Gasteiger partial charge in [-0.25, -0.2) is 4.98 Å². The third-order valence-electron chi connectivity index (χ3n) is 9.44. The molecule has 2 heterocycles. The van der Waals surface area contributed by atoms with E-state index in [2.05, 4.69) is 67.8 Å². The maximum Gasteiger partial charge on any atom is 0.277 e. The number of rotatable bonds is 19. The van der Waals surface area contributed by atoms with Crippen LogP contribution in [0.4, 0.5) is 5.69 Å². The maximum atomic E-state index is 14.6. The Morgan fingerprint density at radius 3 is 2.49 bits per heavy atom. The number of aryl methyl sites for hydroxylation is 1. The van der Waals surface area contributed by atoms with Crippen molar-refractivity contribution < 1.29 is 4.74 Å². The van der Waals surface area contributed by atoms with E-state index in [9.17, 15) is 4.79 Å². The molecule has 0 saturated heterocycles. The van der Waals surface area contributed by atoms with Gasteiger partial charge in [-0.15, -0.1) is 0 Å². The average molecular weight is 710 g/mol. The molecule has 3 aromatic rings. The first-order valence-corrected chi connectivity index (χ1v) is 19.1. The van der Waals surface area contributed by atoms with Gasteiger partial charge in [0.1, 0.15) is 23.0 Å². The normalized spacial score (nSPS) is 14.5. The van der Waals surface area contributed by atoms with Crippen LogP contribution in [0, 0.1) is 0 Å². The minimum atomic E-state index is -0.175. The van der Waals surface area contributed by atoms with E-state index in [0.29, 0.717) is 30.4 Å². The van der Waals surface area contributed by atoms with Crippen LogP contribution in [0.3, 0.4) is 0 Å². The predicted molar refractivity (Wildman–Crippen MR) is 222 cm³/mol. The molecule has 5 rings (SSSR count). The van der Waals surface area contributed by atoms with Crippen molar-refractivity contribution in [1.29, 1.82) is 0 Å². The van der Waals surface area contributed by atoms with Gasteiger partial charge in [-0.2, -0.15) is 0 Å². The number of allylic oxidation sites excluding steroid dienone is 9. The number of pyridine rings is 1. The molecule has 1 aromatic carbocycles. The number of nitrogens with zero attached hydrogens (tertiary/aromatic N) is 3. The minimum absolute atomic E-state index is 0.175. The number of unbranched alkanes of at least 4 members (excludes halogenated alkanes) is 1. The number of benzene rings is 1. The second kappa shape index (κ2) is 19.4. The first-order chi connectivity index (χ1) is 25.9. The van der Waals surface area contributed by atoms with Crippen molar-refractivity contribution in [1.82, 2.24) is 19.9 Å². The Bertz CT molecular complexity index is 2010. The van der Waals surface area contributed by atoms with Crippen LogP contribution in [0.15, 0.2) is 137 Å². The quantitative estimate of drug-likeness (QED) is 0.0953. The summed E-state index contributed by atoms with van der Waals surface area (Å²) in [5, 5.41) is 7.17. The van der Waals surface area contributed by atoms with Gasteiger partial charge >= 0.3 is 0 Å². The average Bonchev–Trinajstić information content (AvgIpc) is 3.99. The standard InChI is InChI=1S/C46H55N5O2/c1-7-11-18-35(10-4)45-49-31-41(50-44(39-24-25-39)34(6)53-43(23-12-8-2)38-19-14-13-15-20-38)46(52)51(45)32-42(37-21-16-22-37)48-29-33(5)28-40-30-47-27-26-36(40)17-9-3/h7,10-11,13-15,18-20,23,26-28,30-31,48,50H,4,6,8-9,12,16-17,21-22,24-25,29,32H2,1-3,5H3/b11-7-,33-28+,35-18+,43-23-. The molecule has 0 radical (unpaired) electrons. The fourth-order valence-corrected chi connectivity index (χ4v) is 6.20. The summed E-state index contributed by atoms with van der Waals surface area (Å²) in [6.45, 7) is 17.9. The second-order valence-corrected chi connectivity index (χ2v) is 13.7. The van der Waals surface area contributed by atoms with Crippen LogP contribution in [0.1, 0.15) is 102 Å². The highest BCUT2D eigenvalue weighted by Gasteiger charge is 2.25. The lowest BCUT2D eigenvalue weighted by Gasteiger charge is -2.25. The Hall–Kier alpha value is -5.43. The van der Waals surface area contributed by atoms with Crippen LogP contribution in [0.2, 0.25) is 0 Å². The first-order valence-electron chi connectivity index (χ1n) is 19.1. The van der Waals surface area contributed by atoms with E-state index in [4.69, 9.17) is 9.72 Å². The summed E-state index contributed by atoms with van der Waals surface area (Å²) in [6, 6.07) is 12.2. The van der Waals surface area contributed by atoms with Crippen molar-refractivity contribution in [2.24, 2.45) is 0 Å². The van der Waals surface area contributed by atoms with Crippen LogP contribution in [-0.4, -0.2) is 21.1 Å². The van der Waals surface area contributed by atoms with Gasteiger partial charge in [0.05, 0.1) is 18.4 Å². The molecule has 0 unspecified atom stereocenters. The molecule has 53 heavy (non-hydrogen) atoms. The molecule has 276 valence electrons. The van der Waals surface area contributed by atoms with Crippen molar-refractivity contribution in [2.75, 3.05) is 11.9 Å². The van der Waals surface area contributed by atoms with E-state index in [1.807, 2.05) is 67.9 Å². The molecule has 7 heteroatoms. The van der Waals surface area contributed by atoms with Crippen molar-refractivity contribution in [3.8, 4) is 0 Å². The lowest BCUT2D eigenvalue weighted by atomic mass is 9.90. The predicted octanol–water partition coefficient (Wildman–Crippen LogP) is 10.7. The Kier molecular flexibility index (Phi) is 14.2. The van der Waals surface area contributed by atoms with E-state index in [1.165, 1.54) is 22.3 Å². The summed E-state index contributed by atoms with van der Waals surface area (Å²) < 4.78 is 8.23. The summed E-state index contributed by atoms with van der Waals surface area (Å²) in [4.78, 5) is 23.9. The van der Waals surface area contributed by atoms with E-state index in [-0.39, 0.29) is 5.56 Å². The molecule has 0 amide bonds. The zero-order chi connectivity index (χ0) is 37.6. The van der Waals surface area contributed by atoms with Gasteiger partial charge in [-0.3, -0.25) is 14.3 Å². The zero-order valence-electron chi connectivity index (χ0n) is 32.0. The van der Waals surface area contributed by atoms with E-state index >= 15 is 0 Å². The van der Waals surface area contributed by atoms with Crippen LogP contribution in [0.25, 0.3) is 17.4 Å². The summed E-state index contributed by atoms with van der Waals surface area (Å²) >= 11 is 0. The molecule has 0 atom stereocenters. The van der Waals surface area contributed by atoms with Crippen molar-refractivity contribution in [2.45, 2.75) is 92.0 Å². The third kappa shape index (κ3) is 10.6. The molecule has 2 aromatic heterocycles. The second-order valence-electron chi connectivity index (χ2n) is 13.7. The summed E-state index contributed by atoms with van der Waals surface area (Å²) in [7, 11) is 0. The lowest BCUT2D eigenvalue weighted by Crippen LogP contribution is -2.32. The molecular formula is C46H55N5O2. The van der Waals surface area contributed by atoms with E-state index in [0.717, 1.165) is 91.6 Å². The Balaban J connectivity index is 1.47. The maximum absolute atomic E-state index is 14.6. The third-order valence-corrected chi connectivity index (χ3v) is 9.44. The van der Waals surface area contributed by atoms with Gasteiger partial charge in [-0.1, -0.05) is 106 Å². The molecular weight excluding hydrogens is 655 g/mol. The highest BCUT2D eigenvalue weighted by Crippen LogP contribution is 2.36. The molecule has 0 aliphatic heterocycles. The number of hydrogen-bond acceptors (Lipinski definition) is 6. The van der Waals surface area contributed by atoms with Crippen LogP contribution in [0.5, 0.6) is 0 Å². The van der Waals surface area contributed by atoms with E-state index in [1.54, 1.807) is 16.8 Å². The van der Waals surface area contributed by atoms with Gasteiger partial charge in [0, 0.05) is 35.8 Å². The summed E-state index contributed by atoms with van der Waals surface area (Å²) in [5.41, 5.74) is 9.90. The highest BCUT2D eigenvalue weighted by atomic mass is 16.5. The zero-order valence-corrected chi connectivity index (χ0v) is 32.0. The Labute approximate surface area is 316 Å². The summed E-state index contributed by atoms with van der Waals surface area (Å²) in [6.07, 6.45) is 26.3. The minimum Gasteiger partial charge on any atom is -0.456 e. The SMILES string of the molecule is C=C/C(=C\C=C/C)c1ncc(NC(C(=C)O/C(=C\CCC)c2ccccc2)=C2CC2)c(=O)n1CC(NC/C(C)=C/c1cnccc1CCC)=C1CCC1. The monoisotopic (exact) mass is 709 g/mol. The van der Waals surface area contributed by atoms with Gasteiger partial charge in [0.15, 0.2) is 0 Å². The van der Waals surface area contributed by atoms with Crippen LogP contribution in [-0.2, 0) is 17.7 Å². The molecule has 2 saturated carbocycles.